The second-order valence-corrected chi connectivity index (χ2v) is 5.58. The topological polar surface area (TPSA) is 57.5 Å². The first-order valence-electron chi connectivity index (χ1n) is 8.70. The molecule has 0 aliphatic heterocycles. The fraction of sp³-hybridized carbons (Fsp3) is 0.550. The van der Waals surface area contributed by atoms with E-state index in [1.165, 1.54) is 12.8 Å². The number of carbonyl (C=O) groups is 1. The highest BCUT2D eigenvalue weighted by atomic mass is 16.4. The summed E-state index contributed by atoms with van der Waals surface area (Å²) in [5.41, 5.74) is 0. The summed E-state index contributed by atoms with van der Waals surface area (Å²) in [4.78, 5) is 10.3. The molecular weight excluding hydrogens is 288 g/mol. The molecule has 0 aliphatic rings. The average Bonchev–Trinajstić information content (AvgIpc) is 2.51. The molecule has 1 atom stereocenters. The van der Waals surface area contributed by atoms with Gasteiger partial charge in [0.15, 0.2) is 0 Å². The van der Waals surface area contributed by atoms with Gasteiger partial charge < -0.3 is 10.2 Å². The van der Waals surface area contributed by atoms with Crippen LogP contribution in [0.4, 0.5) is 0 Å². The smallest absolute Gasteiger partial charge is 0.303 e. The van der Waals surface area contributed by atoms with E-state index in [0.29, 0.717) is 6.42 Å². The highest BCUT2D eigenvalue weighted by molar-refractivity contribution is 5.66. The number of unbranched alkanes of at least 4 members (excludes halogenated alkanes) is 3. The van der Waals surface area contributed by atoms with E-state index in [4.69, 9.17) is 5.11 Å². The summed E-state index contributed by atoms with van der Waals surface area (Å²) < 4.78 is 0. The van der Waals surface area contributed by atoms with Crippen LogP contribution in [0.1, 0.15) is 64.7 Å². The van der Waals surface area contributed by atoms with Crippen molar-refractivity contribution in [3.8, 4) is 0 Å². The van der Waals surface area contributed by atoms with E-state index < -0.39 is 5.97 Å². The standard InChI is InChI=1S/C20H32O3/c1-2-3-13-16-19(21)17-14-11-9-7-5-4-6-8-10-12-15-18-20(22)23/h4-5,8-11,14,17,19,21H,2-3,6-7,12-13,15-16,18H2,1H3,(H,22,23)/b5-4-,10-8-,11-9+,17-14+/t19-/m0/s1. The monoisotopic (exact) mass is 320 g/mol. The molecule has 0 saturated carbocycles. The van der Waals surface area contributed by atoms with Crippen LogP contribution in [0, 0.1) is 0 Å². The molecule has 0 heterocycles. The first kappa shape index (κ1) is 21.4. The number of carboxylic acid groups (broad SMARTS) is 1. The van der Waals surface area contributed by atoms with Gasteiger partial charge in [0.05, 0.1) is 6.10 Å². The predicted octanol–water partition coefficient (Wildman–Crippen LogP) is 5.19. The Kier molecular flexibility index (Phi) is 15.6. The van der Waals surface area contributed by atoms with E-state index in [9.17, 15) is 9.90 Å². The molecule has 0 spiro atoms. The fourth-order valence-corrected chi connectivity index (χ4v) is 1.98. The SMILES string of the molecule is CCCCC[C@H](O)/C=C/C=C/C/C=C\C/C=C\CCCC(=O)O. The lowest BCUT2D eigenvalue weighted by atomic mass is 10.1. The molecule has 0 saturated heterocycles. The Morgan fingerprint density at radius 1 is 0.957 bits per heavy atom. The third-order valence-corrected chi connectivity index (χ3v) is 3.32. The molecule has 0 radical (unpaired) electrons. The number of rotatable bonds is 14. The molecule has 0 rings (SSSR count). The number of carboxylic acids is 1. The minimum atomic E-state index is -0.729. The molecule has 2 N–H and O–H groups in total. The molecular formula is C20H32O3. The van der Waals surface area contributed by atoms with Crippen LogP contribution in [-0.4, -0.2) is 22.3 Å². The zero-order valence-electron chi connectivity index (χ0n) is 14.4. The van der Waals surface area contributed by atoms with Crippen LogP contribution in [0.3, 0.4) is 0 Å². The zero-order chi connectivity index (χ0) is 17.2. The summed E-state index contributed by atoms with van der Waals surface area (Å²) in [6.45, 7) is 2.16. The van der Waals surface area contributed by atoms with Crippen molar-refractivity contribution in [2.45, 2.75) is 70.8 Å². The Morgan fingerprint density at radius 2 is 1.65 bits per heavy atom. The summed E-state index contributed by atoms with van der Waals surface area (Å²) in [5.74, 6) is -0.729. The van der Waals surface area contributed by atoms with E-state index in [1.807, 2.05) is 24.3 Å². The van der Waals surface area contributed by atoms with Gasteiger partial charge in [-0.15, -0.1) is 0 Å². The quantitative estimate of drug-likeness (QED) is 0.263. The molecule has 0 aromatic heterocycles. The summed E-state index contributed by atoms with van der Waals surface area (Å²) in [6, 6.07) is 0. The molecule has 0 amide bonds. The van der Waals surface area contributed by atoms with Gasteiger partial charge in [0.1, 0.15) is 0 Å². The van der Waals surface area contributed by atoms with Crippen LogP contribution in [-0.2, 0) is 4.79 Å². The number of hydrogen-bond acceptors (Lipinski definition) is 2. The van der Waals surface area contributed by atoms with Crippen molar-refractivity contribution in [2.24, 2.45) is 0 Å². The maximum atomic E-state index is 10.3. The maximum absolute atomic E-state index is 10.3. The Labute approximate surface area is 141 Å². The van der Waals surface area contributed by atoms with Gasteiger partial charge in [-0.25, -0.2) is 0 Å². The molecule has 3 nitrogen and oxygen atoms in total. The highest BCUT2D eigenvalue weighted by Gasteiger charge is 1.96. The average molecular weight is 320 g/mol. The number of aliphatic hydroxyl groups is 1. The normalized spacial score (nSPS) is 13.8. The molecule has 0 fully saturated rings. The van der Waals surface area contributed by atoms with Crippen LogP contribution < -0.4 is 0 Å². The Hall–Kier alpha value is -1.61. The number of hydrogen-bond donors (Lipinski definition) is 2. The van der Waals surface area contributed by atoms with Gasteiger partial charge in [0, 0.05) is 6.42 Å². The van der Waals surface area contributed by atoms with Crippen molar-refractivity contribution in [1.82, 2.24) is 0 Å². The van der Waals surface area contributed by atoms with Crippen LogP contribution in [0.25, 0.3) is 0 Å². The lowest BCUT2D eigenvalue weighted by molar-refractivity contribution is -0.137. The van der Waals surface area contributed by atoms with Gasteiger partial charge in [0.25, 0.3) is 0 Å². The summed E-state index contributed by atoms with van der Waals surface area (Å²) in [7, 11) is 0. The molecule has 0 aromatic rings. The largest absolute Gasteiger partial charge is 0.481 e. The lowest BCUT2D eigenvalue weighted by Gasteiger charge is -2.02. The van der Waals surface area contributed by atoms with Crippen LogP contribution in [0.15, 0.2) is 48.6 Å². The number of allylic oxidation sites excluding steroid dienone is 7. The zero-order valence-corrected chi connectivity index (χ0v) is 14.4. The summed E-state index contributed by atoms with van der Waals surface area (Å²) >= 11 is 0. The van der Waals surface area contributed by atoms with Crippen molar-refractivity contribution in [1.29, 1.82) is 0 Å². The van der Waals surface area contributed by atoms with Crippen molar-refractivity contribution in [3.63, 3.8) is 0 Å². The maximum Gasteiger partial charge on any atom is 0.303 e. The molecule has 0 unspecified atom stereocenters. The molecule has 0 aromatic carbocycles. The van der Waals surface area contributed by atoms with Crippen molar-refractivity contribution >= 4 is 5.97 Å². The van der Waals surface area contributed by atoms with Crippen molar-refractivity contribution in [3.05, 3.63) is 48.6 Å². The third-order valence-electron chi connectivity index (χ3n) is 3.32. The Bertz CT molecular complexity index is 392. The molecule has 0 aliphatic carbocycles. The predicted molar refractivity (Wildman–Crippen MR) is 97.4 cm³/mol. The first-order chi connectivity index (χ1) is 11.2. The van der Waals surface area contributed by atoms with Crippen molar-refractivity contribution in [2.75, 3.05) is 0 Å². The Morgan fingerprint density at radius 3 is 2.35 bits per heavy atom. The summed E-state index contributed by atoms with van der Waals surface area (Å²) in [5, 5.41) is 18.2. The van der Waals surface area contributed by atoms with E-state index in [1.54, 1.807) is 0 Å². The first-order valence-corrected chi connectivity index (χ1v) is 8.70. The molecule has 130 valence electrons. The second-order valence-electron chi connectivity index (χ2n) is 5.58. The van der Waals surface area contributed by atoms with Gasteiger partial charge in [0.2, 0.25) is 0 Å². The Balaban J connectivity index is 3.57. The third kappa shape index (κ3) is 18.3. The van der Waals surface area contributed by atoms with Crippen LogP contribution in [0.2, 0.25) is 0 Å². The molecule has 23 heavy (non-hydrogen) atoms. The lowest BCUT2D eigenvalue weighted by Crippen LogP contribution is -2.00. The van der Waals surface area contributed by atoms with Crippen molar-refractivity contribution < 1.29 is 15.0 Å². The van der Waals surface area contributed by atoms with Gasteiger partial charge in [-0.2, -0.15) is 0 Å². The highest BCUT2D eigenvalue weighted by Crippen LogP contribution is 2.04. The fourth-order valence-electron chi connectivity index (χ4n) is 1.98. The van der Waals surface area contributed by atoms with Gasteiger partial charge >= 0.3 is 5.97 Å². The van der Waals surface area contributed by atoms with Gasteiger partial charge in [-0.3, -0.25) is 4.79 Å². The van der Waals surface area contributed by atoms with Crippen LogP contribution in [0.5, 0.6) is 0 Å². The van der Waals surface area contributed by atoms with E-state index in [-0.39, 0.29) is 12.5 Å². The van der Waals surface area contributed by atoms with E-state index in [0.717, 1.165) is 32.1 Å². The minimum absolute atomic E-state index is 0.242. The minimum Gasteiger partial charge on any atom is -0.481 e. The van der Waals surface area contributed by atoms with E-state index >= 15 is 0 Å². The van der Waals surface area contributed by atoms with Gasteiger partial charge in [-0.1, -0.05) is 74.8 Å². The molecule has 3 heteroatoms. The second kappa shape index (κ2) is 16.8. The number of aliphatic carboxylic acids is 1. The van der Waals surface area contributed by atoms with E-state index in [2.05, 4.69) is 31.2 Å². The van der Waals surface area contributed by atoms with Crippen LogP contribution >= 0.6 is 0 Å². The summed E-state index contributed by atoms with van der Waals surface area (Å²) in [6.07, 6.45) is 23.6. The van der Waals surface area contributed by atoms with Gasteiger partial charge in [-0.05, 0) is 32.1 Å². The molecule has 0 bridgehead atoms. The number of aliphatic hydroxyl groups excluding tert-OH is 1.